The molecule has 1 aliphatic carbocycles. The van der Waals surface area contributed by atoms with Gasteiger partial charge in [0.1, 0.15) is 0 Å². The first-order valence-corrected chi connectivity index (χ1v) is 9.79. The number of nitrogens with one attached hydrogen (secondary N) is 1. The fourth-order valence-corrected chi connectivity index (χ4v) is 4.02. The summed E-state index contributed by atoms with van der Waals surface area (Å²) in [5.41, 5.74) is 1.31. The van der Waals surface area contributed by atoms with E-state index in [0.29, 0.717) is 16.5 Å². The molecule has 4 rings (SSSR count). The van der Waals surface area contributed by atoms with Crippen LogP contribution in [0.15, 0.2) is 28.8 Å². The van der Waals surface area contributed by atoms with Crippen molar-refractivity contribution >= 4 is 5.91 Å². The highest BCUT2D eigenvalue weighted by Gasteiger charge is 2.45. The normalized spacial score (nSPS) is 19.9. The molecule has 1 amide bonds. The van der Waals surface area contributed by atoms with Gasteiger partial charge in [0, 0.05) is 30.3 Å². The van der Waals surface area contributed by atoms with E-state index in [-0.39, 0.29) is 17.8 Å². The summed E-state index contributed by atoms with van der Waals surface area (Å²) in [7, 11) is 0. The van der Waals surface area contributed by atoms with E-state index in [1.54, 1.807) is 12.1 Å². The summed E-state index contributed by atoms with van der Waals surface area (Å²) in [6.07, 6.45) is 0.493. The number of hydrogen-bond donors (Lipinski definition) is 1. The molecule has 6 nitrogen and oxygen atoms in total. The molecule has 1 aliphatic heterocycles. The molecular weight excluding hydrogens is 385 g/mol. The molecule has 1 aromatic heterocycles. The Morgan fingerprint density at radius 3 is 2.62 bits per heavy atom. The smallest absolute Gasteiger partial charge is 0.348 e. The third kappa shape index (κ3) is 4.60. The van der Waals surface area contributed by atoms with Crippen molar-refractivity contribution in [3.63, 3.8) is 0 Å². The van der Waals surface area contributed by atoms with Crippen LogP contribution in [-0.2, 0) is 6.18 Å². The van der Waals surface area contributed by atoms with Gasteiger partial charge in [0.05, 0.1) is 0 Å². The van der Waals surface area contributed by atoms with Crippen LogP contribution in [0.1, 0.15) is 48.9 Å². The number of amides is 1. The summed E-state index contributed by atoms with van der Waals surface area (Å²) in [5.74, 6) is -1.78. The maximum atomic E-state index is 12.6. The first kappa shape index (κ1) is 19.9. The summed E-state index contributed by atoms with van der Waals surface area (Å²) < 4.78 is 41.9. The molecule has 2 heterocycles. The van der Waals surface area contributed by atoms with E-state index in [4.69, 9.17) is 0 Å². The maximum Gasteiger partial charge on any atom is 0.471 e. The van der Waals surface area contributed by atoms with E-state index < -0.39 is 12.1 Å². The Morgan fingerprint density at radius 2 is 2.00 bits per heavy atom. The van der Waals surface area contributed by atoms with Gasteiger partial charge in [-0.3, -0.25) is 4.79 Å². The van der Waals surface area contributed by atoms with Gasteiger partial charge in [0.15, 0.2) is 0 Å². The zero-order valence-corrected chi connectivity index (χ0v) is 16.1. The summed E-state index contributed by atoms with van der Waals surface area (Å²) in [6, 6.07) is 6.10. The van der Waals surface area contributed by atoms with E-state index in [9.17, 15) is 18.0 Å². The Kier molecular flexibility index (Phi) is 5.10. The number of carbonyl (C=O) groups excluding carboxylic acids is 1. The van der Waals surface area contributed by atoms with Crippen molar-refractivity contribution in [2.24, 2.45) is 5.41 Å². The molecule has 1 saturated heterocycles. The molecule has 29 heavy (non-hydrogen) atoms. The van der Waals surface area contributed by atoms with Crippen LogP contribution < -0.4 is 5.32 Å². The highest BCUT2D eigenvalue weighted by molar-refractivity contribution is 5.94. The van der Waals surface area contributed by atoms with Crippen LogP contribution in [-0.4, -0.2) is 46.6 Å². The molecule has 1 saturated carbocycles. The van der Waals surface area contributed by atoms with Crippen LogP contribution in [0.25, 0.3) is 11.4 Å². The maximum absolute atomic E-state index is 12.6. The van der Waals surface area contributed by atoms with Gasteiger partial charge in [0.25, 0.3) is 5.91 Å². The lowest BCUT2D eigenvalue weighted by Crippen LogP contribution is -2.46. The Bertz CT molecular complexity index is 875. The predicted octanol–water partition coefficient (Wildman–Crippen LogP) is 3.75. The third-order valence-electron chi connectivity index (χ3n) is 5.68. The number of alkyl halides is 3. The summed E-state index contributed by atoms with van der Waals surface area (Å²) in [5, 5.41) is 6.34. The fraction of sp³-hybridized carbons (Fsp3) is 0.550. The number of rotatable bonds is 5. The number of likely N-dealkylation sites (tertiary alicyclic amines) is 1. The Morgan fingerprint density at radius 1 is 1.28 bits per heavy atom. The monoisotopic (exact) mass is 408 g/mol. The molecule has 9 heteroatoms. The van der Waals surface area contributed by atoms with Crippen LogP contribution in [0.3, 0.4) is 0 Å². The van der Waals surface area contributed by atoms with Gasteiger partial charge in [-0.1, -0.05) is 17.3 Å². The molecule has 1 N–H and O–H groups in total. The average molecular weight is 408 g/mol. The van der Waals surface area contributed by atoms with E-state index in [1.165, 1.54) is 37.8 Å². The van der Waals surface area contributed by atoms with Crippen LogP contribution in [0.4, 0.5) is 13.2 Å². The first-order chi connectivity index (χ1) is 13.7. The minimum atomic E-state index is -4.69. The standard InChI is InChI=1S/C20H23F3N4O2/c1-13(11-27-10-2-7-19(12-27)8-9-19)24-17(28)15-5-3-14(4-6-15)16-25-18(29-26-16)20(21,22)23/h3-6,13H,2,7-12H2,1H3,(H,24,28)/t13-/m1/s1. The van der Waals surface area contributed by atoms with Gasteiger partial charge in [-0.2, -0.15) is 18.2 Å². The molecule has 2 aliphatic rings. The van der Waals surface area contributed by atoms with Crippen LogP contribution in [0.2, 0.25) is 0 Å². The molecule has 0 unspecified atom stereocenters. The molecule has 2 aromatic rings. The van der Waals surface area contributed by atoms with Gasteiger partial charge >= 0.3 is 12.1 Å². The topological polar surface area (TPSA) is 71.3 Å². The van der Waals surface area contributed by atoms with Crippen molar-refractivity contribution in [2.75, 3.05) is 19.6 Å². The van der Waals surface area contributed by atoms with Crippen LogP contribution in [0, 0.1) is 5.41 Å². The second-order valence-electron chi connectivity index (χ2n) is 8.21. The van der Waals surface area contributed by atoms with Gasteiger partial charge in [-0.25, -0.2) is 0 Å². The summed E-state index contributed by atoms with van der Waals surface area (Å²) >= 11 is 0. The van der Waals surface area contributed by atoms with E-state index >= 15 is 0 Å². The molecule has 1 atom stereocenters. The van der Waals surface area contributed by atoms with Crippen molar-refractivity contribution in [2.45, 2.75) is 44.8 Å². The van der Waals surface area contributed by atoms with Gasteiger partial charge < -0.3 is 14.7 Å². The van der Waals surface area contributed by atoms with Gasteiger partial charge in [-0.15, -0.1) is 0 Å². The van der Waals surface area contributed by atoms with Gasteiger partial charge in [0.2, 0.25) is 5.82 Å². The molecule has 0 bridgehead atoms. The molecule has 1 aromatic carbocycles. The quantitative estimate of drug-likeness (QED) is 0.816. The zero-order chi connectivity index (χ0) is 20.6. The Labute approximate surface area is 166 Å². The molecule has 156 valence electrons. The van der Waals surface area contributed by atoms with E-state index in [1.807, 2.05) is 6.92 Å². The second-order valence-corrected chi connectivity index (χ2v) is 8.21. The number of halogens is 3. The minimum Gasteiger partial charge on any atom is -0.348 e. The lowest BCUT2D eigenvalue weighted by Gasteiger charge is -2.34. The second kappa shape index (κ2) is 7.44. The largest absolute Gasteiger partial charge is 0.471 e. The number of carbonyl (C=O) groups is 1. The predicted molar refractivity (Wildman–Crippen MR) is 99.0 cm³/mol. The number of piperidine rings is 1. The molecule has 0 radical (unpaired) electrons. The number of nitrogens with zero attached hydrogens (tertiary/aromatic N) is 3. The highest BCUT2D eigenvalue weighted by Crippen LogP contribution is 2.51. The van der Waals surface area contributed by atoms with E-state index in [2.05, 4.69) is 24.9 Å². The van der Waals surface area contributed by atoms with Crippen molar-refractivity contribution in [1.82, 2.24) is 20.4 Å². The molecule has 1 spiro atoms. The SMILES string of the molecule is C[C@H](CN1CCCC2(CC2)C1)NC(=O)c1ccc(-c2noc(C(F)(F)F)n2)cc1. The number of aromatic nitrogens is 2. The Balaban J connectivity index is 1.33. The van der Waals surface area contributed by atoms with Crippen LogP contribution >= 0.6 is 0 Å². The Hall–Kier alpha value is -2.42. The van der Waals surface area contributed by atoms with E-state index in [0.717, 1.165) is 19.6 Å². The van der Waals surface area contributed by atoms with Crippen molar-refractivity contribution in [3.05, 3.63) is 35.7 Å². The van der Waals surface area contributed by atoms with Crippen molar-refractivity contribution in [3.8, 4) is 11.4 Å². The number of hydrogen-bond acceptors (Lipinski definition) is 5. The molecule has 2 fully saturated rings. The number of benzene rings is 1. The van der Waals surface area contributed by atoms with Gasteiger partial charge in [-0.05, 0) is 56.7 Å². The first-order valence-electron chi connectivity index (χ1n) is 9.79. The lowest BCUT2D eigenvalue weighted by molar-refractivity contribution is -0.159. The minimum absolute atomic E-state index is 0.00243. The fourth-order valence-electron chi connectivity index (χ4n) is 4.02. The average Bonchev–Trinajstić information content (AvgIpc) is 3.19. The zero-order valence-electron chi connectivity index (χ0n) is 16.1. The highest BCUT2D eigenvalue weighted by atomic mass is 19.4. The lowest BCUT2D eigenvalue weighted by atomic mass is 9.95. The summed E-state index contributed by atoms with van der Waals surface area (Å²) in [4.78, 5) is 18.3. The van der Waals surface area contributed by atoms with Crippen LogP contribution in [0.5, 0.6) is 0 Å². The summed E-state index contributed by atoms with van der Waals surface area (Å²) in [6.45, 7) is 4.99. The van der Waals surface area contributed by atoms with Crippen molar-refractivity contribution in [1.29, 1.82) is 0 Å². The molecular formula is C20H23F3N4O2. The van der Waals surface area contributed by atoms with Crippen molar-refractivity contribution < 1.29 is 22.5 Å². The third-order valence-corrected chi connectivity index (χ3v) is 5.68.